The van der Waals surface area contributed by atoms with Crippen molar-refractivity contribution >= 4 is 15.9 Å². The van der Waals surface area contributed by atoms with Crippen LogP contribution in [0.25, 0.3) is 11.4 Å². The highest BCUT2D eigenvalue weighted by Gasteiger charge is 2.13. The third-order valence-electron chi connectivity index (χ3n) is 2.44. The number of hydrogen-bond donors (Lipinski definition) is 1. The summed E-state index contributed by atoms with van der Waals surface area (Å²) in [5.74, 6) is 1.67. The predicted molar refractivity (Wildman–Crippen MR) is 66.7 cm³/mol. The van der Waals surface area contributed by atoms with Gasteiger partial charge in [0, 0.05) is 16.6 Å². The molecule has 0 aliphatic rings. The Morgan fingerprint density at radius 3 is 2.69 bits per heavy atom. The van der Waals surface area contributed by atoms with E-state index >= 15 is 0 Å². The lowest BCUT2D eigenvalue weighted by Gasteiger charge is -2.07. The first-order valence-corrected chi connectivity index (χ1v) is 5.94. The fraction of sp³-hybridized carbons (Fsp3) is 0.273. The van der Waals surface area contributed by atoms with Gasteiger partial charge in [0.1, 0.15) is 5.82 Å². The van der Waals surface area contributed by atoms with E-state index in [2.05, 4.69) is 33.1 Å². The molecule has 2 aromatic rings. The lowest BCUT2D eigenvalue weighted by molar-refractivity contribution is 0.704. The highest BCUT2D eigenvalue weighted by atomic mass is 79.9. The van der Waals surface area contributed by atoms with Crippen LogP contribution < -0.4 is 5.73 Å². The summed E-state index contributed by atoms with van der Waals surface area (Å²) in [5.41, 5.74) is 6.66. The zero-order chi connectivity index (χ0) is 11.5. The van der Waals surface area contributed by atoms with Gasteiger partial charge in [-0.3, -0.25) is 0 Å². The van der Waals surface area contributed by atoms with Gasteiger partial charge in [0.15, 0.2) is 5.82 Å². The molecule has 0 aliphatic heterocycles. The van der Waals surface area contributed by atoms with E-state index in [9.17, 15) is 0 Å². The standard InChI is InChI=1S/C11H13BrN4/c1-2-16-10(7-13)14-15-11(16)8-5-3-4-6-9(8)12/h3-6H,2,7,13H2,1H3. The second kappa shape index (κ2) is 4.76. The maximum atomic E-state index is 5.62. The summed E-state index contributed by atoms with van der Waals surface area (Å²) in [6.45, 7) is 3.28. The average molecular weight is 281 g/mol. The van der Waals surface area contributed by atoms with Crippen LogP contribution in [0.2, 0.25) is 0 Å². The van der Waals surface area contributed by atoms with Crippen molar-refractivity contribution in [3.63, 3.8) is 0 Å². The number of hydrogen-bond acceptors (Lipinski definition) is 3. The Labute approximate surface area is 103 Å². The summed E-state index contributed by atoms with van der Waals surface area (Å²) < 4.78 is 3.04. The van der Waals surface area contributed by atoms with Crippen molar-refractivity contribution in [3.05, 3.63) is 34.6 Å². The molecule has 4 nitrogen and oxygen atoms in total. The summed E-state index contributed by atoms with van der Waals surface area (Å²) in [4.78, 5) is 0. The summed E-state index contributed by atoms with van der Waals surface area (Å²) in [6.07, 6.45) is 0. The fourth-order valence-corrected chi connectivity index (χ4v) is 2.12. The topological polar surface area (TPSA) is 56.7 Å². The van der Waals surface area contributed by atoms with Crippen molar-refractivity contribution < 1.29 is 0 Å². The highest BCUT2D eigenvalue weighted by Crippen LogP contribution is 2.26. The van der Waals surface area contributed by atoms with Crippen molar-refractivity contribution in [3.8, 4) is 11.4 Å². The predicted octanol–water partition coefficient (Wildman–Crippen LogP) is 2.19. The summed E-state index contributed by atoms with van der Waals surface area (Å²) in [6, 6.07) is 7.97. The number of rotatable bonds is 3. The molecule has 0 fully saturated rings. The van der Waals surface area contributed by atoms with Crippen LogP contribution in [-0.4, -0.2) is 14.8 Å². The Kier molecular flexibility index (Phi) is 3.36. The molecule has 0 saturated carbocycles. The van der Waals surface area contributed by atoms with Crippen molar-refractivity contribution in [1.29, 1.82) is 0 Å². The van der Waals surface area contributed by atoms with Crippen molar-refractivity contribution in [2.24, 2.45) is 5.73 Å². The van der Waals surface area contributed by atoms with E-state index in [1.54, 1.807) is 0 Å². The van der Waals surface area contributed by atoms with Crippen LogP contribution in [0.4, 0.5) is 0 Å². The van der Waals surface area contributed by atoms with Gasteiger partial charge in [-0.1, -0.05) is 34.1 Å². The molecular weight excluding hydrogens is 268 g/mol. The van der Waals surface area contributed by atoms with Gasteiger partial charge in [0.2, 0.25) is 0 Å². The molecule has 84 valence electrons. The van der Waals surface area contributed by atoms with E-state index in [1.807, 2.05) is 28.8 Å². The van der Waals surface area contributed by atoms with E-state index in [1.165, 1.54) is 0 Å². The molecule has 5 heteroatoms. The molecule has 0 radical (unpaired) electrons. The lowest BCUT2D eigenvalue weighted by Crippen LogP contribution is -2.08. The molecule has 0 saturated heterocycles. The van der Waals surface area contributed by atoms with Crippen LogP contribution in [0.15, 0.2) is 28.7 Å². The third kappa shape index (κ3) is 1.88. The summed E-state index contributed by atoms with van der Waals surface area (Å²) in [7, 11) is 0. The zero-order valence-corrected chi connectivity index (χ0v) is 10.6. The first-order valence-electron chi connectivity index (χ1n) is 5.15. The minimum absolute atomic E-state index is 0.408. The van der Waals surface area contributed by atoms with Gasteiger partial charge in [-0.05, 0) is 13.0 Å². The molecule has 0 aliphatic carbocycles. The molecule has 1 aromatic heterocycles. The average Bonchev–Trinajstić information content (AvgIpc) is 2.72. The Bertz CT molecular complexity index is 492. The largest absolute Gasteiger partial charge is 0.324 e. The highest BCUT2D eigenvalue weighted by molar-refractivity contribution is 9.10. The Morgan fingerprint density at radius 1 is 1.31 bits per heavy atom. The van der Waals surface area contributed by atoms with E-state index < -0.39 is 0 Å². The monoisotopic (exact) mass is 280 g/mol. The third-order valence-corrected chi connectivity index (χ3v) is 3.13. The van der Waals surface area contributed by atoms with Crippen molar-refractivity contribution in [2.45, 2.75) is 20.0 Å². The summed E-state index contributed by atoms with van der Waals surface area (Å²) in [5, 5.41) is 8.28. The maximum absolute atomic E-state index is 5.62. The molecule has 1 heterocycles. The molecule has 2 rings (SSSR count). The minimum atomic E-state index is 0.408. The van der Waals surface area contributed by atoms with Crippen LogP contribution in [0.1, 0.15) is 12.7 Å². The zero-order valence-electron chi connectivity index (χ0n) is 9.02. The number of nitrogens with zero attached hydrogens (tertiary/aromatic N) is 3. The van der Waals surface area contributed by atoms with Gasteiger partial charge in [-0.25, -0.2) is 0 Å². The first kappa shape index (κ1) is 11.3. The van der Waals surface area contributed by atoms with Crippen molar-refractivity contribution in [2.75, 3.05) is 0 Å². The molecule has 0 spiro atoms. The Morgan fingerprint density at radius 2 is 2.06 bits per heavy atom. The molecular formula is C11H13BrN4. The molecule has 0 unspecified atom stereocenters. The second-order valence-electron chi connectivity index (χ2n) is 3.37. The number of nitrogens with two attached hydrogens (primary N) is 1. The fourth-order valence-electron chi connectivity index (χ4n) is 1.66. The van der Waals surface area contributed by atoms with Crippen LogP contribution in [0.5, 0.6) is 0 Å². The first-order chi connectivity index (χ1) is 7.77. The number of aromatic nitrogens is 3. The van der Waals surface area contributed by atoms with E-state index in [0.29, 0.717) is 6.54 Å². The molecule has 16 heavy (non-hydrogen) atoms. The molecule has 2 N–H and O–H groups in total. The van der Waals surface area contributed by atoms with E-state index in [-0.39, 0.29) is 0 Å². The van der Waals surface area contributed by atoms with E-state index in [0.717, 1.165) is 28.2 Å². The van der Waals surface area contributed by atoms with Crippen LogP contribution >= 0.6 is 15.9 Å². The molecule has 0 atom stereocenters. The lowest BCUT2D eigenvalue weighted by atomic mass is 10.2. The van der Waals surface area contributed by atoms with Gasteiger partial charge in [-0.15, -0.1) is 10.2 Å². The Balaban J connectivity index is 2.56. The number of benzene rings is 1. The second-order valence-corrected chi connectivity index (χ2v) is 4.22. The van der Waals surface area contributed by atoms with Crippen LogP contribution in [-0.2, 0) is 13.1 Å². The van der Waals surface area contributed by atoms with Crippen LogP contribution in [0, 0.1) is 0 Å². The smallest absolute Gasteiger partial charge is 0.165 e. The number of halogens is 1. The molecule has 0 bridgehead atoms. The van der Waals surface area contributed by atoms with Gasteiger partial charge in [0.25, 0.3) is 0 Å². The van der Waals surface area contributed by atoms with Gasteiger partial charge in [-0.2, -0.15) is 0 Å². The van der Waals surface area contributed by atoms with E-state index in [4.69, 9.17) is 5.73 Å². The summed E-state index contributed by atoms with van der Waals surface area (Å²) >= 11 is 3.52. The quantitative estimate of drug-likeness (QED) is 0.938. The van der Waals surface area contributed by atoms with Crippen molar-refractivity contribution in [1.82, 2.24) is 14.8 Å². The van der Waals surface area contributed by atoms with Crippen LogP contribution in [0.3, 0.4) is 0 Å². The maximum Gasteiger partial charge on any atom is 0.165 e. The van der Waals surface area contributed by atoms with Gasteiger partial charge < -0.3 is 10.3 Å². The normalized spacial score (nSPS) is 10.7. The van der Waals surface area contributed by atoms with Gasteiger partial charge >= 0.3 is 0 Å². The molecule has 1 aromatic carbocycles. The molecule has 0 amide bonds. The van der Waals surface area contributed by atoms with Gasteiger partial charge in [0.05, 0.1) is 6.54 Å². The Hall–Kier alpha value is -1.20. The minimum Gasteiger partial charge on any atom is -0.324 e. The SMILES string of the molecule is CCn1c(CN)nnc1-c1ccccc1Br.